The molecule has 116 valence electrons. The lowest BCUT2D eigenvalue weighted by Gasteiger charge is -2.29. The molecule has 4 nitrogen and oxygen atoms in total. The van der Waals surface area contributed by atoms with Gasteiger partial charge in [-0.1, -0.05) is 11.6 Å². The van der Waals surface area contributed by atoms with E-state index in [0.29, 0.717) is 23.8 Å². The van der Waals surface area contributed by atoms with Gasteiger partial charge in [0.15, 0.2) is 14.9 Å². The number of nitrogens with zero attached hydrogens (tertiary/aromatic N) is 1. The quantitative estimate of drug-likeness (QED) is 0.849. The summed E-state index contributed by atoms with van der Waals surface area (Å²) in [5.74, 6) is -0.186. The van der Waals surface area contributed by atoms with Crippen molar-refractivity contribution in [3.8, 4) is 0 Å². The summed E-state index contributed by atoms with van der Waals surface area (Å²) in [6, 6.07) is 4.12. The monoisotopic (exact) mass is 350 g/mol. The molecule has 8 heteroatoms. The van der Waals surface area contributed by atoms with Gasteiger partial charge in [0.1, 0.15) is 5.82 Å². The van der Waals surface area contributed by atoms with E-state index in [1.165, 1.54) is 18.2 Å². The van der Waals surface area contributed by atoms with Crippen LogP contribution in [0.2, 0.25) is 5.02 Å². The van der Waals surface area contributed by atoms with Crippen molar-refractivity contribution in [3.63, 3.8) is 0 Å². The Balaban J connectivity index is 2.08. The van der Waals surface area contributed by atoms with Gasteiger partial charge >= 0.3 is 0 Å². The summed E-state index contributed by atoms with van der Waals surface area (Å²) in [7, 11) is -2.97. The largest absolute Gasteiger partial charge is 0.345 e. The second-order valence-corrected chi connectivity index (χ2v) is 7.92. The third kappa shape index (κ3) is 4.05. The fourth-order valence-electron chi connectivity index (χ4n) is 2.36. The summed E-state index contributed by atoms with van der Waals surface area (Å²) in [6.45, 7) is 2.51. The van der Waals surface area contributed by atoms with E-state index in [-0.39, 0.29) is 22.6 Å². The minimum atomic E-state index is -2.97. The van der Waals surface area contributed by atoms with Crippen LogP contribution in [0, 0.1) is 5.82 Å². The third-order valence-electron chi connectivity index (χ3n) is 3.42. The number of halogens is 2. The lowest BCUT2D eigenvalue weighted by atomic mass is 10.2. The van der Waals surface area contributed by atoms with Crippen molar-refractivity contribution in [2.45, 2.75) is 19.4 Å². The molecule has 1 aromatic rings. The third-order valence-corrected chi connectivity index (χ3v) is 5.80. The maximum absolute atomic E-state index is 13.1. The van der Waals surface area contributed by atoms with Gasteiger partial charge in [0.25, 0.3) is 0 Å². The minimum absolute atomic E-state index is 0.00860. The smallest absolute Gasteiger partial charge is 0.173 e. The highest BCUT2D eigenvalue weighted by Crippen LogP contribution is 2.22. The van der Waals surface area contributed by atoms with Crippen molar-refractivity contribution < 1.29 is 12.8 Å². The summed E-state index contributed by atoms with van der Waals surface area (Å²) < 4.78 is 36.3. The minimum Gasteiger partial charge on any atom is -0.345 e. The highest BCUT2D eigenvalue weighted by molar-refractivity contribution is 7.91. The van der Waals surface area contributed by atoms with E-state index in [9.17, 15) is 12.8 Å². The molecular weight excluding hydrogens is 335 g/mol. The van der Waals surface area contributed by atoms with Crippen LogP contribution in [0.25, 0.3) is 0 Å². The van der Waals surface area contributed by atoms with Crippen LogP contribution < -0.4 is 5.32 Å². The zero-order valence-electron chi connectivity index (χ0n) is 11.5. The number of thiocarbonyl (C=S) groups is 1. The molecule has 0 spiro atoms. The molecule has 1 fully saturated rings. The fraction of sp³-hybridized carbons (Fsp3) is 0.462. The van der Waals surface area contributed by atoms with Gasteiger partial charge in [-0.2, -0.15) is 0 Å². The second kappa shape index (κ2) is 6.46. The summed E-state index contributed by atoms with van der Waals surface area (Å²) >= 11 is 11.1. The number of rotatable bonds is 3. The first kappa shape index (κ1) is 16.5. The number of hydrogen-bond donors (Lipinski definition) is 1. The van der Waals surface area contributed by atoms with Gasteiger partial charge in [-0.3, -0.25) is 0 Å². The summed E-state index contributed by atoms with van der Waals surface area (Å²) in [4.78, 5) is 1.84. The SMILES string of the molecule is CCN(C(=S)Nc1ccc(F)c(Cl)c1)[C@@H]1CCS(=O)(=O)C1. The van der Waals surface area contributed by atoms with Gasteiger partial charge in [0.2, 0.25) is 0 Å². The molecule has 1 aliphatic rings. The molecule has 1 N–H and O–H groups in total. The van der Waals surface area contributed by atoms with Crippen LogP contribution in [0.5, 0.6) is 0 Å². The van der Waals surface area contributed by atoms with Gasteiger partial charge in [-0.15, -0.1) is 0 Å². The van der Waals surface area contributed by atoms with E-state index in [1.54, 1.807) is 0 Å². The van der Waals surface area contributed by atoms with Crippen LogP contribution in [-0.2, 0) is 9.84 Å². The topological polar surface area (TPSA) is 49.4 Å². The summed E-state index contributed by atoms with van der Waals surface area (Å²) in [5.41, 5.74) is 0.575. The molecular formula is C13H16ClFN2O2S2. The zero-order chi connectivity index (χ0) is 15.6. The van der Waals surface area contributed by atoms with Crippen molar-refractivity contribution in [2.24, 2.45) is 0 Å². The van der Waals surface area contributed by atoms with Gasteiger partial charge < -0.3 is 10.2 Å². The Morgan fingerprint density at radius 3 is 2.81 bits per heavy atom. The average Bonchev–Trinajstić information content (AvgIpc) is 2.75. The van der Waals surface area contributed by atoms with Crippen LogP contribution in [0.15, 0.2) is 18.2 Å². The molecule has 0 amide bonds. The number of sulfone groups is 1. The van der Waals surface area contributed by atoms with Crippen molar-refractivity contribution in [1.82, 2.24) is 4.90 Å². The van der Waals surface area contributed by atoms with E-state index in [1.807, 2.05) is 11.8 Å². The molecule has 1 heterocycles. The number of anilines is 1. The molecule has 0 aliphatic carbocycles. The maximum Gasteiger partial charge on any atom is 0.173 e. The highest BCUT2D eigenvalue weighted by atomic mass is 35.5. The summed E-state index contributed by atoms with van der Waals surface area (Å²) in [6.07, 6.45) is 0.572. The first-order valence-corrected chi connectivity index (χ1v) is 9.16. The van der Waals surface area contributed by atoms with E-state index >= 15 is 0 Å². The average molecular weight is 351 g/mol. The Labute approximate surface area is 134 Å². The Morgan fingerprint density at radius 2 is 2.29 bits per heavy atom. The number of benzene rings is 1. The van der Waals surface area contributed by atoms with E-state index in [2.05, 4.69) is 5.32 Å². The number of hydrogen-bond acceptors (Lipinski definition) is 3. The highest BCUT2D eigenvalue weighted by Gasteiger charge is 2.32. The van der Waals surface area contributed by atoms with Crippen LogP contribution in [0.4, 0.5) is 10.1 Å². The first-order chi connectivity index (χ1) is 9.82. The Kier molecular flexibility index (Phi) is 5.06. The standard InChI is InChI=1S/C13H16ClFN2O2S2/c1-2-17(10-5-6-21(18,19)8-10)13(20)16-9-3-4-12(15)11(14)7-9/h3-4,7,10H,2,5-6,8H2,1H3,(H,16,20)/t10-/m1/s1. The van der Waals surface area contributed by atoms with Crippen LogP contribution >= 0.6 is 23.8 Å². The molecule has 0 bridgehead atoms. The predicted molar refractivity (Wildman–Crippen MR) is 87.1 cm³/mol. The Morgan fingerprint density at radius 1 is 1.57 bits per heavy atom. The molecule has 1 atom stereocenters. The van der Waals surface area contributed by atoms with Crippen molar-refractivity contribution in [1.29, 1.82) is 0 Å². The first-order valence-electron chi connectivity index (χ1n) is 6.55. The zero-order valence-corrected chi connectivity index (χ0v) is 13.9. The normalized spacial score (nSPS) is 20.2. The van der Waals surface area contributed by atoms with Gasteiger partial charge in [0, 0.05) is 18.3 Å². The van der Waals surface area contributed by atoms with Crippen LogP contribution in [0.3, 0.4) is 0 Å². The fourth-order valence-corrected chi connectivity index (χ4v) is 4.67. The van der Waals surface area contributed by atoms with Gasteiger partial charge in [0.05, 0.1) is 16.5 Å². The van der Waals surface area contributed by atoms with Gasteiger partial charge in [-0.05, 0) is 43.8 Å². The summed E-state index contributed by atoms with van der Waals surface area (Å²) in [5, 5.41) is 3.40. The Hall–Kier alpha value is -0.920. The molecule has 0 aromatic heterocycles. The maximum atomic E-state index is 13.1. The lowest BCUT2D eigenvalue weighted by Crippen LogP contribution is -2.43. The lowest BCUT2D eigenvalue weighted by molar-refractivity contribution is 0.355. The molecule has 2 rings (SSSR count). The Bertz CT molecular complexity index is 652. The number of nitrogens with one attached hydrogen (secondary N) is 1. The van der Waals surface area contributed by atoms with E-state index in [4.69, 9.17) is 23.8 Å². The van der Waals surface area contributed by atoms with Crippen LogP contribution in [-0.4, -0.2) is 42.5 Å². The van der Waals surface area contributed by atoms with Gasteiger partial charge in [-0.25, -0.2) is 12.8 Å². The van der Waals surface area contributed by atoms with Crippen molar-refractivity contribution >= 4 is 44.5 Å². The molecule has 1 aromatic carbocycles. The molecule has 1 aliphatic heterocycles. The van der Waals surface area contributed by atoms with Crippen LogP contribution in [0.1, 0.15) is 13.3 Å². The molecule has 1 saturated heterocycles. The molecule has 0 radical (unpaired) electrons. The van der Waals surface area contributed by atoms with E-state index in [0.717, 1.165) is 0 Å². The second-order valence-electron chi connectivity index (χ2n) is 4.90. The van der Waals surface area contributed by atoms with Crippen molar-refractivity contribution in [2.75, 3.05) is 23.4 Å². The molecule has 21 heavy (non-hydrogen) atoms. The molecule has 0 saturated carbocycles. The molecule has 0 unspecified atom stereocenters. The van der Waals surface area contributed by atoms with E-state index < -0.39 is 15.7 Å². The predicted octanol–water partition coefficient (Wildman–Crippen LogP) is 2.68. The van der Waals surface area contributed by atoms with Crippen molar-refractivity contribution in [3.05, 3.63) is 29.0 Å².